The molecule has 7 heteroatoms. The Morgan fingerprint density at radius 2 is 2.00 bits per heavy atom. The summed E-state index contributed by atoms with van der Waals surface area (Å²) in [6.07, 6.45) is 2.06. The van der Waals surface area contributed by atoms with E-state index in [1.165, 1.54) is 7.11 Å². The maximum Gasteiger partial charge on any atom is 0.258 e. The van der Waals surface area contributed by atoms with Gasteiger partial charge in [0.25, 0.3) is 5.91 Å². The maximum atomic E-state index is 12.4. The molecule has 1 fully saturated rings. The lowest BCUT2D eigenvalue weighted by Gasteiger charge is -2.14. The van der Waals surface area contributed by atoms with Gasteiger partial charge in [0.05, 0.1) is 26.4 Å². The van der Waals surface area contributed by atoms with Crippen LogP contribution in [-0.4, -0.2) is 31.3 Å². The molecule has 0 bridgehead atoms. The molecule has 3 rings (SSSR count). The summed E-state index contributed by atoms with van der Waals surface area (Å²) in [6, 6.07) is 11.2. The van der Waals surface area contributed by atoms with Crippen LogP contribution in [0, 0.1) is 0 Å². The molecular weight excluding hydrogens is 308 g/mol. The molecule has 1 aromatic carbocycles. The third-order valence-corrected chi connectivity index (χ3v) is 3.93. The van der Waals surface area contributed by atoms with E-state index in [1.54, 1.807) is 25.4 Å². The summed E-state index contributed by atoms with van der Waals surface area (Å²) in [5, 5.41) is 2.93. The van der Waals surface area contributed by atoms with E-state index in [2.05, 4.69) is 21.2 Å². The van der Waals surface area contributed by atoms with Crippen molar-refractivity contribution in [3.63, 3.8) is 0 Å². The van der Waals surface area contributed by atoms with E-state index < -0.39 is 0 Å². The van der Waals surface area contributed by atoms with Crippen molar-refractivity contribution >= 4 is 5.91 Å². The number of carbonyl (C=O) groups excluding carboxylic acids is 1. The Kier molecular flexibility index (Phi) is 4.93. The highest BCUT2D eigenvalue weighted by atomic mass is 16.5. The Bertz CT molecular complexity index is 722. The second-order valence-corrected chi connectivity index (χ2v) is 5.41. The zero-order chi connectivity index (χ0) is 16.9. The van der Waals surface area contributed by atoms with Crippen molar-refractivity contribution in [2.75, 3.05) is 14.2 Å². The predicted molar refractivity (Wildman–Crippen MR) is 88.7 cm³/mol. The Morgan fingerprint density at radius 1 is 1.17 bits per heavy atom. The third kappa shape index (κ3) is 3.32. The molecule has 1 aliphatic heterocycles. The first kappa shape index (κ1) is 16.2. The fourth-order valence-corrected chi connectivity index (χ4v) is 2.77. The fraction of sp³-hybridized carbons (Fsp3) is 0.294. The van der Waals surface area contributed by atoms with Gasteiger partial charge < -0.3 is 14.8 Å². The largest absolute Gasteiger partial charge is 0.496 e. The Labute approximate surface area is 140 Å². The van der Waals surface area contributed by atoms with Gasteiger partial charge in [0, 0.05) is 18.2 Å². The molecule has 0 spiro atoms. The molecule has 1 saturated heterocycles. The van der Waals surface area contributed by atoms with Gasteiger partial charge in [-0.25, -0.2) is 15.8 Å². The molecule has 1 aliphatic rings. The molecule has 24 heavy (non-hydrogen) atoms. The SMILES string of the molecule is COc1ccccc1C1CC(NC(=O)c2cccnc2OC)NN1. The second kappa shape index (κ2) is 7.29. The average molecular weight is 328 g/mol. The maximum absolute atomic E-state index is 12.4. The van der Waals surface area contributed by atoms with Crippen LogP contribution in [0.4, 0.5) is 0 Å². The summed E-state index contributed by atoms with van der Waals surface area (Å²) in [4.78, 5) is 16.5. The van der Waals surface area contributed by atoms with Gasteiger partial charge in [-0.1, -0.05) is 18.2 Å². The lowest BCUT2D eigenvalue weighted by molar-refractivity contribution is 0.0928. The molecule has 126 valence electrons. The van der Waals surface area contributed by atoms with Gasteiger partial charge >= 0.3 is 0 Å². The summed E-state index contributed by atoms with van der Waals surface area (Å²) in [6.45, 7) is 0. The van der Waals surface area contributed by atoms with Gasteiger partial charge in [-0.05, 0) is 18.2 Å². The van der Waals surface area contributed by atoms with Crippen molar-refractivity contribution in [3.05, 3.63) is 53.7 Å². The quantitative estimate of drug-likeness (QED) is 0.769. The number of rotatable bonds is 5. The number of aromatic nitrogens is 1. The van der Waals surface area contributed by atoms with Crippen molar-refractivity contribution < 1.29 is 14.3 Å². The lowest BCUT2D eigenvalue weighted by atomic mass is 10.0. The van der Waals surface area contributed by atoms with E-state index in [-0.39, 0.29) is 18.1 Å². The van der Waals surface area contributed by atoms with Crippen LogP contribution in [0.2, 0.25) is 0 Å². The Hall–Kier alpha value is -2.64. The minimum absolute atomic E-state index is 0.0437. The number of ether oxygens (including phenoxy) is 2. The molecular formula is C17H20N4O3. The average Bonchev–Trinajstić information content (AvgIpc) is 3.09. The summed E-state index contributed by atoms with van der Waals surface area (Å²) < 4.78 is 10.5. The highest BCUT2D eigenvalue weighted by Gasteiger charge is 2.28. The van der Waals surface area contributed by atoms with E-state index >= 15 is 0 Å². The summed E-state index contributed by atoms with van der Waals surface area (Å²) in [5.74, 6) is 0.889. The molecule has 3 N–H and O–H groups in total. The third-order valence-electron chi connectivity index (χ3n) is 3.93. The van der Waals surface area contributed by atoms with Crippen LogP contribution >= 0.6 is 0 Å². The molecule has 2 unspecified atom stereocenters. The number of para-hydroxylation sites is 1. The number of nitrogens with one attached hydrogen (secondary N) is 3. The highest BCUT2D eigenvalue weighted by molar-refractivity contribution is 5.96. The predicted octanol–water partition coefficient (Wildman–Crippen LogP) is 1.39. The molecule has 2 atom stereocenters. The van der Waals surface area contributed by atoms with Gasteiger partial charge in [-0.2, -0.15) is 0 Å². The fourth-order valence-electron chi connectivity index (χ4n) is 2.77. The molecule has 2 aromatic rings. The van der Waals surface area contributed by atoms with Crippen molar-refractivity contribution in [2.45, 2.75) is 18.6 Å². The number of carbonyl (C=O) groups is 1. The van der Waals surface area contributed by atoms with Crippen molar-refractivity contribution in [1.82, 2.24) is 21.2 Å². The van der Waals surface area contributed by atoms with Crippen molar-refractivity contribution in [3.8, 4) is 11.6 Å². The first-order chi connectivity index (χ1) is 11.7. The van der Waals surface area contributed by atoms with Crippen LogP contribution in [0.5, 0.6) is 11.6 Å². The van der Waals surface area contributed by atoms with Gasteiger partial charge in [0.2, 0.25) is 5.88 Å². The Morgan fingerprint density at radius 3 is 2.79 bits per heavy atom. The zero-order valence-corrected chi connectivity index (χ0v) is 13.6. The number of benzene rings is 1. The van der Waals surface area contributed by atoms with Gasteiger partial charge in [-0.3, -0.25) is 4.79 Å². The van der Waals surface area contributed by atoms with Crippen LogP contribution < -0.4 is 25.6 Å². The zero-order valence-electron chi connectivity index (χ0n) is 13.6. The smallest absolute Gasteiger partial charge is 0.258 e. The summed E-state index contributed by atoms with van der Waals surface area (Å²) >= 11 is 0. The number of amides is 1. The van der Waals surface area contributed by atoms with Crippen molar-refractivity contribution in [2.24, 2.45) is 0 Å². The number of hydrogen-bond acceptors (Lipinski definition) is 6. The summed E-state index contributed by atoms with van der Waals surface area (Å²) in [5.41, 5.74) is 7.74. The Balaban J connectivity index is 1.67. The molecule has 0 radical (unpaired) electrons. The van der Waals surface area contributed by atoms with E-state index in [9.17, 15) is 4.79 Å². The van der Waals surface area contributed by atoms with E-state index in [0.29, 0.717) is 17.9 Å². The van der Waals surface area contributed by atoms with Crippen LogP contribution in [0.3, 0.4) is 0 Å². The van der Waals surface area contributed by atoms with E-state index in [4.69, 9.17) is 9.47 Å². The first-order valence-corrected chi connectivity index (χ1v) is 7.66. The topological polar surface area (TPSA) is 84.5 Å². The van der Waals surface area contributed by atoms with Crippen LogP contribution in [0.1, 0.15) is 28.4 Å². The minimum Gasteiger partial charge on any atom is -0.496 e. The second-order valence-electron chi connectivity index (χ2n) is 5.41. The molecule has 2 heterocycles. The number of hydrogen-bond donors (Lipinski definition) is 3. The highest BCUT2D eigenvalue weighted by Crippen LogP contribution is 2.29. The number of hydrazine groups is 1. The molecule has 7 nitrogen and oxygen atoms in total. The first-order valence-electron chi connectivity index (χ1n) is 7.66. The van der Waals surface area contributed by atoms with Crippen LogP contribution in [0.15, 0.2) is 42.6 Å². The number of methoxy groups -OCH3 is 2. The number of nitrogens with zero attached hydrogens (tertiary/aromatic N) is 1. The van der Waals surface area contributed by atoms with Crippen LogP contribution in [-0.2, 0) is 0 Å². The molecule has 0 aliphatic carbocycles. The van der Waals surface area contributed by atoms with Gasteiger partial charge in [-0.15, -0.1) is 0 Å². The monoisotopic (exact) mass is 328 g/mol. The molecule has 1 amide bonds. The van der Waals surface area contributed by atoms with Crippen molar-refractivity contribution in [1.29, 1.82) is 0 Å². The van der Waals surface area contributed by atoms with E-state index in [1.807, 2.05) is 24.3 Å². The number of pyridine rings is 1. The minimum atomic E-state index is -0.236. The standard InChI is InChI=1S/C17H20N4O3/c1-23-14-8-4-3-6-11(14)13-10-15(21-20-13)19-16(22)12-7-5-9-18-17(12)24-2/h3-9,13,15,20-21H,10H2,1-2H3,(H,19,22). The van der Waals surface area contributed by atoms with Gasteiger partial charge in [0.1, 0.15) is 11.3 Å². The molecule has 1 aromatic heterocycles. The van der Waals surface area contributed by atoms with E-state index in [0.717, 1.165) is 11.3 Å². The lowest BCUT2D eigenvalue weighted by Crippen LogP contribution is -2.44. The van der Waals surface area contributed by atoms with Crippen LogP contribution in [0.25, 0.3) is 0 Å². The normalized spacial score (nSPS) is 19.8. The van der Waals surface area contributed by atoms with Gasteiger partial charge in [0.15, 0.2) is 0 Å². The molecule has 0 saturated carbocycles. The summed E-state index contributed by atoms with van der Waals surface area (Å²) in [7, 11) is 3.14.